The summed E-state index contributed by atoms with van der Waals surface area (Å²) >= 11 is 0. The SMILES string of the molecule is C/C=C1\CCc2cnccc21. The molecule has 0 bridgehead atoms. The summed E-state index contributed by atoms with van der Waals surface area (Å²) in [4.78, 5) is 4.10. The van der Waals surface area contributed by atoms with E-state index in [1.165, 1.54) is 29.5 Å². The van der Waals surface area contributed by atoms with Crippen molar-refractivity contribution < 1.29 is 0 Å². The van der Waals surface area contributed by atoms with Crippen LogP contribution in [0.25, 0.3) is 5.57 Å². The molecule has 0 spiro atoms. The number of nitrogens with zero attached hydrogens (tertiary/aromatic N) is 1. The highest BCUT2D eigenvalue weighted by Crippen LogP contribution is 2.30. The molecule has 56 valence electrons. The van der Waals surface area contributed by atoms with Crippen LogP contribution in [0.2, 0.25) is 0 Å². The molecule has 0 amide bonds. The van der Waals surface area contributed by atoms with Crippen LogP contribution in [-0.2, 0) is 6.42 Å². The van der Waals surface area contributed by atoms with Crippen molar-refractivity contribution in [2.24, 2.45) is 0 Å². The predicted molar refractivity (Wildman–Crippen MR) is 46.2 cm³/mol. The fourth-order valence-corrected chi connectivity index (χ4v) is 1.64. The van der Waals surface area contributed by atoms with Crippen LogP contribution in [0.15, 0.2) is 24.5 Å². The Morgan fingerprint density at radius 3 is 3.18 bits per heavy atom. The average Bonchev–Trinajstić information content (AvgIpc) is 2.47. The normalized spacial score (nSPS) is 18.8. The molecular formula is C10H11N. The van der Waals surface area contributed by atoms with E-state index in [1.807, 2.05) is 12.4 Å². The van der Waals surface area contributed by atoms with Gasteiger partial charge in [-0.25, -0.2) is 0 Å². The molecule has 2 rings (SSSR count). The minimum Gasteiger partial charge on any atom is -0.264 e. The topological polar surface area (TPSA) is 12.9 Å². The summed E-state index contributed by atoms with van der Waals surface area (Å²) < 4.78 is 0. The maximum Gasteiger partial charge on any atom is 0.0306 e. The van der Waals surface area contributed by atoms with Crippen molar-refractivity contribution >= 4 is 5.57 Å². The molecule has 1 heteroatoms. The van der Waals surface area contributed by atoms with Crippen molar-refractivity contribution in [3.05, 3.63) is 35.7 Å². The molecule has 1 aromatic rings. The van der Waals surface area contributed by atoms with Gasteiger partial charge in [0, 0.05) is 12.4 Å². The Balaban J connectivity index is 2.55. The molecule has 1 aromatic heterocycles. The minimum absolute atomic E-state index is 1.17. The zero-order valence-electron chi connectivity index (χ0n) is 6.67. The third kappa shape index (κ3) is 0.967. The Hall–Kier alpha value is -1.11. The van der Waals surface area contributed by atoms with Gasteiger partial charge in [-0.05, 0) is 42.5 Å². The lowest BCUT2D eigenvalue weighted by Gasteiger charge is -1.96. The van der Waals surface area contributed by atoms with E-state index >= 15 is 0 Å². The number of pyridine rings is 1. The zero-order chi connectivity index (χ0) is 7.68. The summed E-state index contributed by atoms with van der Waals surface area (Å²) in [7, 11) is 0. The fraction of sp³-hybridized carbons (Fsp3) is 0.300. The number of hydrogen-bond donors (Lipinski definition) is 0. The predicted octanol–water partition coefficient (Wildman–Crippen LogP) is 2.43. The van der Waals surface area contributed by atoms with Crippen LogP contribution in [0.3, 0.4) is 0 Å². The second kappa shape index (κ2) is 2.50. The van der Waals surface area contributed by atoms with Crippen molar-refractivity contribution in [2.75, 3.05) is 0 Å². The van der Waals surface area contributed by atoms with Gasteiger partial charge in [-0.3, -0.25) is 4.98 Å². The summed E-state index contributed by atoms with van der Waals surface area (Å²) in [6, 6.07) is 2.11. The molecule has 11 heavy (non-hydrogen) atoms. The highest BCUT2D eigenvalue weighted by molar-refractivity contribution is 5.71. The highest BCUT2D eigenvalue weighted by atomic mass is 14.6. The molecule has 0 aromatic carbocycles. The number of fused-ring (bicyclic) bond motifs is 1. The van der Waals surface area contributed by atoms with E-state index in [0.717, 1.165) is 0 Å². The number of hydrogen-bond acceptors (Lipinski definition) is 1. The van der Waals surface area contributed by atoms with E-state index in [4.69, 9.17) is 0 Å². The van der Waals surface area contributed by atoms with Gasteiger partial charge in [-0.1, -0.05) is 6.08 Å². The van der Waals surface area contributed by atoms with Gasteiger partial charge in [0.2, 0.25) is 0 Å². The largest absolute Gasteiger partial charge is 0.264 e. The van der Waals surface area contributed by atoms with E-state index in [1.54, 1.807) is 0 Å². The molecular weight excluding hydrogens is 134 g/mol. The van der Waals surface area contributed by atoms with Crippen LogP contribution in [0.5, 0.6) is 0 Å². The van der Waals surface area contributed by atoms with Gasteiger partial charge in [0.15, 0.2) is 0 Å². The Labute approximate surface area is 66.8 Å². The molecule has 0 atom stereocenters. The summed E-state index contributed by atoms with van der Waals surface area (Å²) in [6.07, 6.45) is 8.41. The van der Waals surface area contributed by atoms with Gasteiger partial charge in [-0.15, -0.1) is 0 Å². The summed E-state index contributed by atoms with van der Waals surface area (Å²) in [6.45, 7) is 2.10. The third-order valence-electron chi connectivity index (χ3n) is 2.26. The molecule has 0 unspecified atom stereocenters. The van der Waals surface area contributed by atoms with Gasteiger partial charge < -0.3 is 0 Å². The van der Waals surface area contributed by atoms with Gasteiger partial charge in [-0.2, -0.15) is 0 Å². The lowest BCUT2D eigenvalue weighted by Crippen LogP contribution is -1.81. The number of aromatic nitrogens is 1. The van der Waals surface area contributed by atoms with E-state index in [0.29, 0.717) is 0 Å². The van der Waals surface area contributed by atoms with Gasteiger partial charge in [0.05, 0.1) is 0 Å². The van der Waals surface area contributed by atoms with Crippen LogP contribution in [-0.4, -0.2) is 4.98 Å². The standard InChI is InChI=1S/C10H11N/c1-2-8-3-4-9-7-11-6-5-10(8)9/h2,5-7H,3-4H2,1H3/b8-2+. The van der Waals surface area contributed by atoms with E-state index in [9.17, 15) is 0 Å². The molecule has 0 saturated carbocycles. The lowest BCUT2D eigenvalue weighted by molar-refractivity contribution is 1.06. The fourth-order valence-electron chi connectivity index (χ4n) is 1.64. The van der Waals surface area contributed by atoms with Crippen molar-refractivity contribution in [2.45, 2.75) is 19.8 Å². The van der Waals surface area contributed by atoms with Crippen LogP contribution >= 0.6 is 0 Å². The second-order valence-electron chi connectivity index (χ2n) is 2.85. The molecule has 1 aliphatic carbocycles. The monoisotopic (exact) mass is 145 g/mol. The van der Waals surface area contributed by atoms with Crippen LogP contribution in [0, 0.1) is 0 Å². The highest BCUT2D eigenvalue weighted by Gasteiger charge is 2.13. The average molecular weight is 145 g/mol. The van der Waals surface area contributed by atoms with Crippen molar-refractivity contribution in [1.82, 2.24) is 4.98 Å². The first-order valence-electron chi connectivity index (χ1n) is 4.00. The second-order valence-corrected chi connectivity index (χ2v) is 2.85. The molecule has 0 aliphatic heterocycles. The van der Waals surface area contributed by atoms with Crippen LogP contribution in [0.1, 0.15) is 24.5 Å². The van der Waals surface area contributed by atoms with Gasteiger partial charge >= 0.3 is 0 Å². The van der Waals surface area contributed by atoms with Gasteiger partial charge in [0.1, 0.15) is 0 Å². The molecule has 0 radical (unpaired) electrons. The first-order valence-corrected chi connectivity index (χ1v) is 4.00. The molecule has 0 N–H and O–H groups in total. The Kier molecular flexibility index (Phi) is 1.50. The molecule has 0 saturated heterocycles. The molecule has 1 nitrogen and oxygen atoms in total. The van der Waals surface area contributed by atoms with E-state index < -0.39 is 0 Å². The smallest absolute Gasteiger partial charge is 0.0306 e. The molecule has 1 aliphatic rings. The lowest BCUT2D eigenvalue weighted by atomic mass is 10.1. The van der Waals surface area contributed by atoms with E-state index in [2.05, 4.69) is 24.1 Å². The van der Waals surface area contributed by atoms with Gasteiger partial charge in [0.25, 0.3) is 0 Å². The first kappa shape index (κ1) is 6.59. The first-order chi connectivity index (χ1) is 5.42. The minimum atomic E-state index is 1.17. The van der Waals surface area contributed by atoms with Crippen LogP contribution < -0.4 is 0 Å². The Morgan fingerprint density at radius 1 is 1.45 bits per heavy atom. The summed E-state index contributed by atoms with van der Waals surface area (Å²) in [5.41, 5.74) is 4.28. The molecule has 1 heterocycles. The maximum absolute atomic E-state index is 4.10. The molecule has 0 fully saturated rings. The summed E-state index contributed by atoms with van der Waals surface area (Å²) in [5.74, 6) is 0. The Morgan fingerprint density at radius 2 is 2.36 bits per heavy atom. The summed E-state index contributed by atoms with van der Waals surface area (Å²) in [5, 5.41) is 0. The number of rotatable bonds is 0. The van der Waals surface area contributed by atoms with Crippen molar-refractivity contribution in [1.29, 1.82) is 0 Å². The number of allylic oxidation sites excluding steroid dienone is 2. The zero-order valence-corrected chi connectivity index (χ0v) is 6.67. The third-order valence-corrected chi connectivity index (χ3v) is 2.26. The van der Waals surface area contributed by atoms with Crippen molar-refractivity contribution in [3.8, 4) is 0 Å². The number of aryl methyl sites for hydroxylation is 1. The maximum atomic E-state index is 4.10. The quantitative estimate of drug-likeness (QED) is 0.546. The van der Waals surface area contributed by atoms with Crippen LogP contribution in [0.4, 0.5) is 0 Å². The van der Waals surface area contributed by atoms with Crippen molar-refractivity contribution in [3.63, 3.8) is 0 Å². The van der Waals surface area contributed by atoms with E-state index in [-0.39, 0.29) is 0 Å². The Bertz CT molecular complexity index is 299.